The maximum absolute atomic E-state index is 13.0. The van der Waals surface area contributed by atoms with Crippen LogP contribution >= 0.6 is 0 Å². The predicted octanol–water partition coefficient (Wildman–Crippen LogP) is 3.67. The van der Waals surface area contributed by atoms with Crippen molar-refractivity contribution in [3.8, 4) is 5.75 Å². The Morgan fingerprint density at radius 3 is 2.05 bits per heavy atom. The highest BCUT2D eigenvalue weighted by Gasteiger charge is 2.22. The molecule has 4 rings (SSSR count). The molecule has 4 aromatic rings. The van der Waals surface area contributed by atoms with E-state index in [0.29, 0.717) is 22.8 Å². The molecule has 202 valence electrons. The standard InChI is InChI=1S/C26H25N5O6S2/c1-18-16-17-27-26(28-18)30-38(33,34)23-12-6-20(7-13-23)29-25(32)19-4-8-21(9-5-19)31(2)39(35,36)24-14-10-22(37-3)11-15-24/h4-17H,1-3H3,(H,29,32)(H,27,28,30). The van der Waals surface area contributed by atoms with Gasteiger partial charge < -0.3 is 10.1 Å². The number of sulfonamides is 2. The Balaban J connectivity index is 1.42. The molecule has 3 aromatic carbocycles. The number of aromatic nitrogens is 2. The zero-order valence-electron chi connectivity index (χ0n) is 21.2. The van der Waals surface area contributed by atoms with Crippen LogP contribution < -0.4 is 19.1 Å². The number of hydrogen-bond acceptors (Lipinski definition) is 8. The molecule has 0 saturated heterocycles. The lowest BCUT2D eigenvalue weighted by Crippen LogP contribution is -2.26. The molecule has 1 heterocycles. The lowest BCUT2D eigenvalue weighted by atomic mass is 10.2. The van der Waals surface area contributed by atoms with Crippen molar-refractivity contribution in [3.05, 3.63) is 96.3 Å². The smallest absolute Gasteiger partial charge is 0.264 e. The lowest BCUT2D eigenvalue weighted by Gasteiger charge is -2.20. The molecule has 1 aromatic heterocycles. The monoisotopic (exact) mass is 567 g/mol. The van der Waals surface area contributed by atoms with E-state index in [1.165, 1.54) is 81.0 Å². The van der Waals surface area contributed by atoms with Crippen molar-refractivity contribution < 1.29 is 26.4 Å². The van der Waals surface area contributed by atoms with E-state index in [2.05, 4.69) is 20.0 Å². The second-order valence-electron chi connectivity index (χ2n) is 8.30. The SMILES string of the molecule is COc1ccc(S(=O)(=O)N(C)c2ccc(C(=O)Nc3ccc(S(=O)(=O)Nc4nccc(C)n4)cc3)cc2)cc1. The van der Waals surface area contributed by atoms with Gasteiger partial charge in [0.05, 0.1) is 22.6 Å². The van der Waals surface area contributed by atoms with Crippen molar-refractivity contribution in [2.75, 3.05) is 28.5 Å². The fourth-order valence-corrected chi connectivity index (χ4v) is 5.61. The highest BCUT2D eigenvalue weighted by atomic mass is 32.2. The fourth-order valence-electron chi connectivity index (χ4n) is 3.47. The van der Waals surface area contributed by atoms with Gasteiger partial charge in [-0.1, -0.05) is 0 Å². The molecule has 2 N–H and O–H groups in total. The first-order valence-electron chi connectivity index (χ1n) is 11.5. The minimum absolute atomic E-state index is 0.0314. The molecule has 0 spiro atoms. The quantitative estimate of drug-likeness (QED) is 0.311. The van der Waals surface area contributed by atoms with E-state index < -0.39 is 26.0 Å². The number of ether oxygens (including phenoxy) is 1. The van der Waals surface area contributed by atoms with E-state index in [0.717, 1.165) is 4.31 Å². The van der Waals surface area contributed by atoms with Crippen molar-refractivity contribution in [2.45, 2.75) is 16.7 Å². The van der Waals surface area contributed by atoms with Gasteiger partial charge in [0.15, 0.2) is 0 Å². The number of anilines is 3. The molecule has 0 bridgehead atoms. The Morgan fingerprint density at radius 2 is 1.46 bits per heavy atom. The van der Waals surface area contributed by atoms with E-state index in [-0.39, 0.29) is 21.3 Å². The molecule has 39 heavy (non-hydrogen) atoms. The van der Waals surface area contributed by atoms with Gasteiger partial charge in [-0.25, -0.2) is 31.5 Å². The first kappa shape index (κ1) is 27.5. The number of methoxy groups -OCH3 is 1. The van der Waals surface area contributed by atoms with Crippen LogP contribution in [0.3, 0.4) is 0 Å². The summed E-state index contributed by atoms with van der Waals surface area (Å²) in [6, 6.07) is 19.3. The maximum atomic E-state index is 13.0. The van der Waals surface area contributed by atoms with E-state index >= 15 is 0 Å². The number of aryl methyl sites for hydroxylation is 1. The number of benzene rings is 3. The number of amides is 1. The van der Waals surface area contributed by atoms with Crippen molar-refractivity contribution in [1.82, 2.24) is 9.97 Å². The summed E-state index contributed by atoms with van der Waals surface area (Å²) in [6.07, 6.45) is 1.45. The van der Waals surface area contributed by atoms with Crippen LogP contribution in [0.15, 0.2) is 94.9 Å². The first-order chi connectivity index (χ1) is 18.5. The number of carbonyl (C=O) groups excluding carboxylic acids is 1. The molecule has 0 atom stereocenters. The largest absolute Gasteiger partial charge is 0.497 e. The summed E-state index contributed by atoms with van der Waals surface area (Å²) < 4.78 is 59.6. The molecule has 0 aliphatic carbocycles. The van der Waals surface area contributed by atoms with Gasteiger partial charge in [0, 0.05) is 30.2 Å². The summed E-state index contributed by atoms with van der Waals surface area (Å²) in [5.41, 5.74) is 1.62. The van der Waals surface area contributed by atoms with Crippen molar-refractivity contribution in [2.24, 2.45) is 0 Å². The van der Waals surface area contributed by atoms with E-state index in [9.17, 15) is 21.6 Å². The number of nitrogens with zero attached hydrogens (tertiary/aromatic N) is 3. The zero-order valence-corrected chi connectivity index (χ0v) is 22.8. The Bertz CT molecular complexity index is 1690. The molecule has 0 aliphatic heterocycles. The average Bonchev–Trinajstić information content (AvgIpc) is 2.93. The fraction of sp³-hybridized carbons (Fsp3) is 0.115. The topological polar surface area (TPSA) is 148 Å². The van der Waals surface area contributed by atoms with Crippen molar-refractivity contribution in [1.29, 1.82) is 0 Å². The number of carbonyl (C=O) groups is 1. The molecule has 0 unspecified atom stereocenters. The third kappa shape index (κ3) is 6.33. The normalized spacial score (nSPS) is 11.5. The van der Waals surface area contributed by atoms with Gasteiger partial charge in [0.25, 0.3) is 26.0 Å². The molecule has 11 nitrogen and oxygen atoms in total. The van der Waals surface area contributed by atoms with Gasteiger partial charge in [-0.3, -0.25) is 9.10 Å². The molecule has 0 aliphatic rings. The van der Waals surface area contributed by atoms with Gasteiger partial charge in [0.2, 0.25) is 5.95 Å². The van der Waals surface area contributed by atoms with Crippen molar-refractivity contribution >= 4 is 43.3 Å². The van der Waals surface area contributed by atoms with Crippen LogP contribution in [0, 0.1) is 6.92 Å². The van der Waals surface area contributed by atoms with Crippen LogP contribution in [0.2, 0.25) is 0 Å². The first-order valence-corrected chi connectivity index (χ1v) is 14.4. The van der Waals surface area contributed by atoms with E-state index in [4.69, 9.17) is 4.74 Å². The Morgan fingerprint density at radius 1 is 0.846 bits per heavy atom. The Hall–Kier alpha value is -4.49. The lowest BCUT2D eigenvalue weighted by molar-refractivity contribution is 0.102. The highest BCUT2D eigenvalue weighted by Crippen LogP contribution is 2.24. The van der Waals surface area contributed by atoms with E-state index in [1.807, 2.05) is 0 Å². The highest BCUT2D eigenvalue weighted by molar-refractivity contribution is 7.93. The Kier molecular flexibility index (Phi) is 7.83. The third-order valence-electron chi connectivity index (χ3n) is 5.65. The summed E-state index contributed by atoms with van der Waals surface area (Å²) in [5.74, 6) is 0.0409. The molecule has 13 heteroatoms. The minimum atomic E-state index is -3.92. The molecule has 0 saturated carbocycles. The number of rotatable bonds is 9. The van der Waals surface area contributed by atoms with Gasteiger partial charge >= 0.3 is 0 Å². The van der Waals surface area contributed by atoms with Gasteiger partial charge in [-0.2, -0.15) is 0 Å². The maximum Gasteiger partial charge on any atom is 0.264 e. The molecule has 0 radical (unpaired) electrons. The van der Waals surface area contributed by atoms with Crippen LogP contribution in [0.4, 0.5) is 17.3 Å². The summed E-state index contributed by atoms with van der Waals surface area (Å²) in [6.45, 7) is 1.72. The number of hydrogen-bond donors (Lipinski definition) is 2. The van der Waals surface area contributed by atoms with Crippen LogP contribution in [0.1, 0.15) is 16.1 Å². The van der Waals surface area contributed by atoms with Crippen molar-refractivity contribution in [3.63, 3.8) is 0 Å². The van der Waals surface area contributed by atoms with Gasteiger partial charge in [0.1, 0.15) is 5.75 Å². The minimum Gasteiger partial charge on any atom is -0.497 e. The molecule has 1 amide bonds. The molecular weight excluding hydrogens is 542 g/mol. The zero-order chi connectivity index (χ0) is 28.2. The third-order valence-corrected chi connectivity index (χ3v) is 8.80. The van der Waals surface area contributed by atoms with Crippen LogP contribution in [0.25, 0.3) is 0 Å². The van der Waals surface area contributed by atoms with Gasteiger partial charge in [-0.15, -0.1) is 0 Å². The summed E-state index contributed by atoms with van der Waals surface area (Å²) in [4.78, 5) is 20.7. The second kappa shape index (κ2) is 11.1. The molecular formula is C26H25N5O6S2. The predicted molar refractivity (Wildman–Crippen MR) is 147 cm³/mol. The molecule has 0 fully saturated rings. The summed E-state index contributed by atoms with van der Waals surface area (Å²) >= 11 is 0. The second-order valence-corrected chi connectivity index (χ2v) is 12.0. The Labute approximate surface area is 226 Å². The summed E-state index contributed by atoms with van der Waals surface area (Å²) in [7, 11) is -4.83. The van der Waals surface area contributed by atoms with Crippen LogP contribution in [-0.2, 0) is 20.0 Å². The number of nitrogens with one attached hydrogen (secondary N) is 2. The van der Waals surface area contributed by atoms with E-state index in [1.54, 1.807) is 25.1 Å². The average molecular weight is 568 g/mol. The van der Waals surface area contributed by atoms with Crippen LogP contribution in [-0.4, -0.2) is 46.9 Å². The summed E-state index contributed by atoms with van der Waals surface area (Å²) in [5, 5.41) is 2.69. The van der Waals surface area contributed by atoms with Crippen LogP contribution in [0.5, 0.6) is 5.75 Å². The van der Waals surface area contributed by atoms with Gasteiger partial charge in [-0.05, 0) is 85.8 Å².